The van der Waals surface area contributed by atoms with Gasteiger partial charge in [-0.05, 0) is 29.7 Å². The van der Waals surface area contributed by atoms with Crippen molar-refractivity contribution in [3.05, 3.63) is 41.5 Å². The van der Waals surface area contributed by atoms with Crippen molar-refractivity contribution in [3.63, 3.8) is 0 Å². The summed E-state index contributed by atoms with van der Waals surface area (Å²) in [6.45, 7) is 12.6. The Kier molecular flexibility index (Phi) is 5.03. The summed E-state index contributed by atoms with van der Waals surface area (Å²) in [6.07, 6.45) is 6.38. The molecule has 1 spiro atoms. The molecule has 1 amide bonds. The van der Waals surface area contributed by atoms with E-state index >= 15 is 0 Å². The van der Waals surface area contributed by atoms with Crippen LogP contribution >= 0.6 is 0 Å². The number of likely N-dealkylation sites (tertiary alicyclic amines) is 1. The average molecular weight is 383 g/mol. The van der Waals surface area contributed by atoms with Crippen LogP contribution in [0.3, 0.4) is 0 Å². The molecule has 1 unspecified atom stereocenters. The van der Waals surface area contributed by atoms with Gasteiger partial charge < -0.3 is 4.74 Å². The van der Waals surface area contributed by atoms with Crippen molar-refractivity contribution in [1.29, 1.82) is 0 Å². The molecular weight excluding hydrogens is 348 g/mol. The fourth-order valence-corrected chi connectivity index (χ4v) is 5.56. The van der Waals surface area contributed by atoms with Gasteiger partial charge in [-0.15, -0.1) is 0 Å². The van der Waals surface area contributed by atoms with Gasteiger partial charge in [0.25, 0.3) is 0 Å². The molecule has 4 nitrogen and oxygen atoms in total. The van der Waals surface area contributed by atoms with Gasteiger partial charge in [-0.3, -0.25) is 10.2 Å². The number of amides is 1. The largest absolute Gasteiger partial charge is 0.438 e. The Balaban J connectivity index is 1.46. The molecule has 1 aliphatic carbocycles. The van der Waals surface area contributed by atoms with Crippen molar-refractivity contribution in [2.75, 3.05) is 25.0 Å². The lowest BCUT2D eigenvalue weighted by molar-refractivity contribution is -0.0371. The number of carbonyl (C=O) groups is 1. The third-order valence-corrected chi connectivity index (χ3v) is 7.89. The summed E-state index contributed by atoms with van der Waals surface area (Å²) in [5, 5.41) is 2.85. The van der Waals surface area contributed by atoms with Crippen LogP contribution in [-0.4, -0.2) is 30.6 Å². The highest BCUT2D eigenvalue weighted by atomic mass is 16.6. The van der Waals surface area contributed by atoms with E-state index in [1.165, 1.54) is 12.8 Å². The molecule has 1 N–H and O–H groups in total. The number of nitrogens with one attached hydrogen (secondary N) is 1. The summed E-state index contributed by atoms with van der Waals surface area (Å²) in [4.78, 5) is 14.7. The lowest BCUT2D eigenvalue weighted by Crippen LogP contribution is -2.49. The molecule has 152 valence electrons. The predicted octanol–water partition coefficient (Wildman–Crippen LogP) is 5.56. The maximum absolute atomic E-state index is 12.1. The van der Waals surface area contributed by atoms with Gasteiger partial charge in [0.2, 0.25) is 0 Å². The Hall–Kier alpha value is -1.81. The number of rotatable bonds is 3. The molecule has 0 radical (unpaired) electrons. The fraction of sp³-hybridized carbons (Fsp3) is 0.625. The zero-order valence-electron chi connectivity index (χ0n) is 17.8. The molecule has 2 atom stereocenters. The van der Waals surface area contributed by atoms with Crippen LogP contribution in [0.4, 0.5) is 10.5 Å². The van der Waals surface area contributed by atoms with Gasteiger partial charge in [-0.25, -0.2) is 4.79 Å². The van der Waals surface area contributed by atoms with E-state index in [2.05, 4.69) is 50.1 Å². The minimum Gasteiger partial charge on any atom is -0.438 e. The lowest BCUT2D eigenvalue weighted by atomic mass is 9.62. The van der Waals surface area contributed by atoms with Crippen molar-refractivity contribution >= 4 is 11.8 Å². The molecule has 4 heteroatoms. The van der Waals surface area contributed by atoms with Crippen LogP contribution in [-0.2, 0) is 10.3 Å². The van der Waals surface area contributed by atoms with Gasteiger partial charge in [0.1, 0.15) is 5.60 Å². The van der Waals surface area contributed by atoms with Crippen LogP contribution < -0.4 is 5.32 Å². The Labute approximate surface area is 169 Å². The number of nitrogens with zero attached hydrogens (tertiary/aromatic N) is 1. The highest BCUT2D eigenvalue weighted by molar-refractivity contribution is 5.88. The summed E-state index contributed by atoms with van der Waals surface area (Å²) >= 11 is 0. The minimum atomic E-state index is -0.464. The smallest absolute Gasteiger partial charge is 0.412 e. The Morgan fingerprint density at radius 2 is 1.93 bits per heavy atom. The number of para-hydroxylation sites is 1. The van der Waals surface area contributed by atoms with E-state index in [1.807, 2.05) is 18.2 Å². The van der Waals surface area contributed by atoms with Gasteiger partial charge in [0.05, 0.1) is 5.69 Å². The molecule has 0 bridgehead atoms. The van der Waals surface area contributed by atoms with E-state index in [-0.39, 0.29) is 6.09 Å². The van der Waals surface area contributed by atoms with Crippen LogP contribution in [0.15, 0.2) is 35.9 Å². The van der Waals surface area contributed by atoms with Crippen molar-refractivity contribution in [2.24, 2.45) is 17.3 Å². The SMILES string of the molecule is CCC1CC=C(CN2CCC3(CC2)OC(=O)Nc2ccccc23)[C@H](C)C1(C)C. The van der Waals surface area contributed by atoms with Crippen molar-refractivity contribution < 1.29 is 9.53 Å². The van der Waals surface area contributed by atoms with E-state index in [4.69, 9.17) is 4.74 Å². The standard InChI is InChI=1S/C24H34N2O2/c1-5-19-11-10-18(17(2)23(19,3)4)16-26-14-12-24(13-15-26)20-8-6-7-9-21(20)25-22(27)28-24/h6-10,17,19H,5,11-16H2,1-4H3,(H,25,27)/t17-,19?/m0/s1. The highest BCUT2D eigenvalue weighted by Crippen LogP contribution is 2.47. The first-order valence-corrected chi connectivity index (χ1v) is 10.9. The highest BCUT2D eigenvalue weighted by Gasteiger charge is 2.45. The molecule has 28 heavy (non-hydrogen) atoms. The summed E-state index contributed by atoms with van der Waals surface area (Å²) in [6, 6.07) is 8.08. The Morgan fingerprint density at radius 1 is 1.21 bits per heavy atom. The molecule has 1 saturated heterocycles. The fourth-order valence-electron chi connectivity index (χ4n) is 5.56. The average Bonchev–Trinajstić information content (AvgIpc) is 2.67. The van der Waals surface area contributed by atoms with Crippen LogP contribution in [0, 0.1) is 17.3 Å². The quantitative estimate of drug-likeness (QED) is 0.696. The van der Waals surface area contributed by atoms with Crippen LogP contribution in [0.5, 0.6) is 0 Å². The second-order valence-electron chi connectivity index (χ2n) is 9.49. The van der Waals surface area contributed by atoms with Gasteiger partial charge in [0, 0.05) is 38.0 Å². The van der Waals surface area contributed by atoms with E-state index in [0.29, 0.717) is 11.3 Å². The number of hydrogen-bond acceptors (Lipinski definition) is 3. The van der Waals surface area contributed by atoms with Crippen molar-refractivity contribution in [2.45, 2.75) is 59.0 Å². The first-order chi connectivity index (χ1) is 13.4. The van der Waals surface area contributed by atoms with Gasteiger partial charge in [-0.1, -0.05) is 64.0 Å². The third kappa shape index (κ3) is 3.26. The first kappa shape index (κ1) is 19.5. The summed E-state index contributed by atoms with van der Waals surface area (Å²) in [7, 11) is 0. The van der Waals surface area contributed by atoms with Crippen LogP contribution in [0.25, 0.3) is 0 Å². The zero-order valence-corrected chi connectivity index (χ0v) is 17.8. The maximum Gasteiger partial charge on any atom is 0.412 e. The van der Waals surface area contributed by atoms with Crippen LogP contribution in [0.2, 0.25) is 0 Å². The molecule has 4 rings (SSSR count). The molecule has 2 aliphatic heterocycles. The molecule has 1 fully saturated rings. The lowest BCUT2D eigenvalue weighted by Gasteiger charge is -2.47. The second-order valence-corrected chi connectivity index (χ2v) is 9.49. The molecular formula is C24H34N2O2. The predicted molar refractivity (Wildman–Crippen MR) is 113 cm³/mol. The number of benzene rings is 1. The number of ether oxygens (including phenoxy) is 1. The van der Waals surface area contributed by atoms with Crippen molar-refractivity contribution in [1.82, 2.24) is 4.90 Å². The third-order valence-electron chi connectivity index (χ3n) is 7.89. The minimum absolute atomic E-state index is 0.317. The maximum atomic E-state index is 12.1. The monoisotopic (exact) mass is 382 g/mol. The molecule has 1 aromatic rings. The number of hydrogen-bond donors (Lipinski definition) is 1. The Bertz CT molecular complexity index is 775. The number of anilines is 1. The van der Waals surface area contributed by atoms with Gasteiger partial charge in [-0.2, -0.15) is 0 Å². The van der Waals surface area contributed by atoms with Gasteiger partial charge in [0.15, 0.2) is 0 Å². The molecule has 0 aromatic heterocycles. The molecule has 0 saturated carbocycles. The molecule has 1 aromatic carbocycles. The number of piperidine rings is 1. The number of allylic oxidation sites excluding steroid dienone is 1. The van der Waals surface area contributed by atoms with E-state index in [0.717, 1.165) is 49.6 Å². The van der Waals surface area contributed by atoms with Crippen LogP contribution in [0.1, 0.15) is 58.9 Å². The Morgan fingerprint density at radius 3 is 2.64 bits per heavy atom. The van der Waals surface area contributed by atoms with E-state index in [1.54, 1.807) is 5.57 Å². The summed E-state index contributed by atoms with van der Waals surface area (Å²) in [5.74, 6) is 1.39. The zero-order chi connectivity index (χ0) is 19.9. The van der Waals surface area contributed by atoms with E-state index < -0.39 is 5.60 Å². The molecule has 3 aliphatic rings. The number of fused-ring (bicyclic) bond motifs is 2. The summed E-state index contributed by atoms with van der Waals surface area (Å²) in [5.41, 5.74) is 3.52. The van der Waals surface area contributed by atoms with E-state index in [9.17, 15) is 4.79 Å². The second kappa shape index (κ2) is 7.22. The number of carbonyl (C=O) groups excluding carboxylic acids is 1. The first-order valence-electron chi connectivity index (χ1n) is 10.9. The van der Waals surface area contributed by atoms with Crippen molar-refractivity contribution in [3.8, 4) is 0 Å². The normalized spacial score (nSPS) is 28.9. The molecule has 2 heterocycles. The summed E-state index contributed by atoms with van der Waals surface area (Å²) < 4.78 is 5.87. The topological polar surface area (TPSA) is 41.6 Å². The van der Waals surface area contributed by atoms with Gasteiger partial charge >= 0.3 is 6.09 Å².